The molecule has 0 amide bonds. The summed E-state index contributed by atoms with van der Waals surface area (Å²) in [5.41, 5.74) is 0.0897. The third-order valence-electron chi connectivity index (χ3n) is 2.08. The summed E-state index contributed by atoms with van der Waals surface area (Å²) in [6, 6.07) is 4.83. The van der Waals surface area contributed by atoms with Crippen LogP contribution in [0.25, 0.3) is 0 Å². The van der Waals surface area contributed by atoms with E-state index in [4.69, 9.17) is 5.14 Å². The molecule has 7 heteroatoms. The van der Waals surface area contributed by atoms with Crippen LogP contribution in [0, 0.1) is 0 Å². The minimum Gasteiger partial charge on any atom is -0.389 e. The molecule has 0 aliphatic heterocycles. The number of hydrogen-bond donors (Lipinski definition) is 1. The number of benzene rings is 1. The first-order valence-electron chi connectivity index (χ1n) is 5.22. The zero-order chi connectivity index (χ0) is 13.8. The van der Waals surface area contributed by atoms with Crippen LogP contribution in [0.2, 0.25) is 0 Å². The number of nitrogens with two attached hydrogens (primary N) is 1. The van der Waals surface area contributed by atoms with E-state index in [2.05, 4.69) is 4.74 Å². The van der Waals surface area contributed by atoms with Crippen LogP contribution >= 0.6 is 0 Å². The van der Waals surface area contributed by atoms with E-state index in [1.807, 2.05) is 0 Å². The molecule has 0 aliphatic rings. The van der Waals surface area contributed by atoms with Gasteiger partial charge in [0, 0.05) is 6.42 Å². The van der Waals surface area contributed by atoms with Crippen molar-refractivity contribution in [3.8, 4) is 0 Å². The van der Waals surface area contributed by atoms with E-state index in [0.29, 0.717) is 6.42 Å². The Balaban J connectivity index is 2.80. The minimum atomic E-state index is -3.80. The Morgan fingerprint density at radius 1 is 1.22 bits per heavy atom. The van der Waals surface area contributed by atoms with Crippen molar-refractivity contribution < 1.29 is 22.7 Å². The third-order valence-corrected chi connectivity index (χ3v) is 3.01. The Morgan fingerprint density at radius 2 is 1.78 bits per heavy atom. The summed E-state index contributed by atoms with van der Waals surface area (Å²) in [5.74, 6) is -1.42. The number of carbonyl (C=O) groups excluding carboxylic acids is 2. The molecule has 0 bridgehead atoms. The SMILES string of the molecule is CCCC(=O)OC(=O)c1ccc(S(N)(=O)=O)cc1. The molecule has 0 unspecified atom stereocenters. The lowest BCUT2D eigenvalue weighted by atomic mass is 10.2. The molecule has 0 heterocycles. The summed E-state index contributed by atoms with van der Waals surface area (Å²) in [7, 11) is -3.80. The quantitative estimate of drug-likeness (QED) is 0.645. The maximum atomic E-state index is 11.5. The van der Waals surface area contributed by atoms with Crippen molar-refractivity contribution in [2.75, 3.05) is 0 Å². The van der Waals surface area contributed by atoms with Gasteiger partial charge in [0.05, 0.1) is 10.5 Å². The van der Waals surface area contributed by atoms with Crippen molar-refractivity contribution in [2.45, 2.75) is 24.7 Å². The predicted molar refractivity (Wildman–Crippen MR) is 63.1 cm³/mol. The molecule has 6 nitrogen and oxygen atoms in total. The molecule has 0 aromatic heterocycles. The highest BCUT2D eigenvalue weighted by atomic mass is 32.2. The van der Waals surface area contributed by atoms with E-state index in [-0.39, 0.29) is 16.9 Å². The largest absolute Gasteiger partial charge is 0.389 e. The zero-order valence-corrected chi connectivity index (χ0v) is 10.6. The maximum absolute atomic E-state index is 11.5. The minimum absolute atomic E-state index is 0.0897. The number of ether oxygens (including phenoxy) is 1. The lowest BCUT2D eigenvalue weighted by Gasteiger charge is -2.03. The van der Waals surface area contributed by atoms with Crippen LogP contribution in [-0.4, -0.2) is 20.4 Å². The van der Waals surface area contributed by atoms with Crippen molar-refractivity contribution in [3.63, 3.8) is 0 Å². The lowest BCUT2D eigenvalue weighted by molar-refractivity contribution is -0.137. The Labute approximate surface area is 105 Å². The van der Waals surface area contributed by atoms with E-state index in [1.165, 1.54) is 24.3 Å². The highest BCUT2D eigenvalue weighted by Crippen LogP contribution is 2.10. The number of sulfonamides is 1. The molecule has 1 aromatic carbocycles. The summed E-state index contributed by atoms with van der Waals surface area (Å²) in [6.45, 7) is 1.78. The molecular weight excluding hydrogens is 258 g/mol. The Kier molecular flexibility index (Phi) is 4.57. The van der Waals surface area contributed by atoms with Crippen LogP contribution < -0.4 is 5.14 Å². The first kappa shape index (κ1) is 14.3. The van der Waals surface area contributed by atoms with E-state index < -0.39 is 22.0 Å². The Bertz CT molecular complexity index is 547. The molecule has 0 aliphatic carbocycles. The average Bonchev–Trinajstić information content (AvgIpc) is 2.28. The highest BCUT2D eigenvalue weighted by Gasteiger charge is 2.14. The van der Waals surface area contributed by atoms with Gasteiger partial charge in [0.2, 0.25) is 10.0 Å². The molecule has 0 saturated carbocycles. The molecule has 98 valence electrons. The third kappa shape index (κ3) is 3.94. The zero-order valence-electron chi connectivity index (χ0n) is 9.75. The molecule has 0 saturated heterocycles. The first-order chi connectivity index (χ1) is 8.34. The van der Waals surface area contributed by atoms with Gasteiger partial charge < -0.3 is 4.74 Å². The average molecular weight is 271 g/mol. The molecule has 0 spiro atoms. The van der Waals surface area contributed by atoms with Crippen molar-refractivity contribution in [3.05, 3.63) is 29.8 Å². The summed E-state index contributed by atoms with van der Waals surface area (Å²) < 4.78 is 26.5. The maximum Gasteiger partial charge on any atom is 0.345 e. The lowest BCUT2D eigenvalue weighted by Crippen LogP contribution is -2.14. The number of rotatable bonds is 4. The van der Waals surface area contributed by atoms with Crippen LogP contribution in [0.3, 0.4) is 0 Å². The summed E-state index contributed by atoms with van der Waals surface area (Å²) >= 11 is 0. The van der Waals surface area contributed by atoms with Gasteiger partial charge in [0.15, 0.2) is 0 Å². The van der Waals surface area contributed by atoms with E-state index in [1.54, 1.807) is 6.92 Å². The van der Waals surface area contributed by atoms with Crippen molar-refractivity contribution in [2.24, 2.45) is 5.14 Å². The summed E-state index contributed by atoms with van der Waals surface area (Å²) in [4.78, 5) is 22.4. The van der Waals surface area contributed by atoms with Gasteiger partial charge in [-0.3, -0.25) is 4.79 Å². The standard InChI is InChI=1S/C11H13NO5S/c1-2-3-10(13)17-11(14)8-4-6-9(7-5-8)18(12,15)16/h4-7H,2-3H2,1H3,(H2,12,15,16). The molecule has 1 aromatic rings. The van der Waals surface area contributed by atoms with Gasteiger partial charge in [0.25, 0.3) is 0 Å². The molecule has 0 fully saturated rings. The summed E-state index contributed by atoms with van der Waals surface area (Å²) in [5, 5.41) is 4.91. The molecule has 0 radical (unpaired) electrons. The van der Waals surface area contributed by atoms with Gasteiger partial charge in [0.1, 0.15) is 0 Å². The normalized spacial score (nSPS) is 11.0. The fourth-order valence-corrected chi connectivity index (χ4v) is 1.71. The first-order valence-corrected chi connectivity index (χ1v) is 6.77. The smallest absolute Gasteiger partial charge is 0.345 e. The van der Waals surface area contributed by atoms with Gasteiger partial charge in [-0.05, 0) is 30.7 Å². The second-order valence-corrected chi connectivity index (χ2v) is 5.14. The number of primary sulfonamides is 1. The van der Waals surface area contributed by atoms with E-state index in [9.17, 15) is 18.0 Å². The van der Waals surface area contributed by atoms with E-state index >= 15 is 0 Å². The molecular formula is C11H13NO5S. The van der Waals surface area contributed by atoms with Gasteiger partial charge in [-0.2, -0.15) is 0 Å². The Hall–Kier alpha value is -1.73. The van der Waals surface area contributed by atoms with Gasteiger partial charge in [-0.25, -0.2) is 18.4 Å². The van der Waals surface area contributed by atoms with Crippen LogP contribution in [0.15, 0.2) is 29.2 Å². The van der Waals surface area contributed by atoms with Crippen LogP contribution in [0.4, 0.5) is 0 Å². The van der Waals surface area contributed by atoms with Crippen LogP contribution in [0.1, 0.15) is 30.1 Å². The van der Waals surface area contributed by atoms with Gasteiger partial charge >= 0.3 is 11.9 Å². The second kappa shape index (κ2) is 5.74. The van der Waals surface area contributed by atoms with Crippen LogP contribution in [0.5, 0.6) is 0 Å². The van der Waals surface area contributed by atoms with E-state index in [0.717, 1.165) is 0 Å². The second-order valence-electron chi connectivity index (χ2n) is 3.58. The summed E-state index contributed by atoms with van der Waals surface area (Å²) in [6.07, 6.45) is 0.734. The van der Waals surface area contributed by atoms with Crippen molar-refractivity contribution in [1.29, 1.82) is 0 Å². The molecule has 1 rings (SSSR count). The van der Waals surface area contributed by atoms with Crippen molar-refractivity contribution >= 4 is 22.0 Å². The van der Waals surface area contributed by atoms with Gasteiger partial charge in [-0.1, -0.05) is 6.92 Å². The number of hydrogen-bond acceptors (Lipinski definition) is 5. The monoisotopic (exact) mass is 271 g/mol. The molecule has 0 atom stereocenters. The highest BCUT2D eigenvalue weighted by molar-refractivity contribution is 7.89. The fourth-order valence-electron chi connectivity index (χ4n) is 1.20. The van der Waals surface area contributed by atoms with Crippen molar-refractivity contribution in [1.82, 2.24) is 0 Å². The molecule has 18 heavy (non-hydrogen) atoms. The van der Waals surface area contributed by atoms with Crippen LogP contribution in [-0.2, 0) is 19.6 Å². The number of esters is 2. The fraction of sp³-hybridized carbons (Fsp3) is 0.273. The van der Waals surface area contributed by atoms with Gasteiger partial charge in [-0.15, -0.1) is 0 Å². The Morgan fingerprint density at radius 3 is 2.22 bits per heavy atom. The number of carbonyl (C=O) groups is 2. The topological polar surface area (TPSA) is 104 Å². The molecule has 2 N–H and O–H groups in total. The predicted octanol–water partition coefficient (Wildman–Crippen LogP) is 0.818.